The van der Waals surface area contributed by atoms with Crippen molar-refractivity contribution in [3.8, 4) is 5.75 Å². The fraction of sp³-hybridized carbons (Fsp3) is 0.235. The number of carbonyl (C=O) groups is 1. The number of aryl methyl sites for hydroxylation is 2. The fourth-order valence-electron chi connectivity index (χ4n) is 2.04. The summed E-state index contributed by atoms with van der Waals surface area (Å²) in [6.45, 7) is 4.45. The van der Waals surface area contributed by atoms with Crippen molar-refractivity contribution in [2.75, 3.05) is 18.5 Å². The highest BCUT2D eigenvalue weighted by atomic mass is 35.5. The molecule has 2 aromatic carbocycles. The molecule has 0 spiro atoms. The number of benzene rings is 2. The van der Waals surface area contributed by atoms with E-state index in [0.29, 0.717) is 12.3 Å². The lowest BCUT2D eigenvalue weighted by Gasteiger charge is -2.11. The van der Waals surface area contributed by atoms with Crippen molar-refractivity contribution in [1.29, 1.82) is 0 Å². The first kappa shape index (κ1) is 17.1. The zero-order valence-electron chi connectivity index (χ0n) is 13.0. The van der Waals surface area contributed by atoms with Crippen LogP contribution in [-0.4, -0.2) is 19.2 Å². The number of urea groups is 1. The van der Waals surface area contributed by atoms with Gasteiger partial charge in [0.25, 0.3) is 0 Å². The molecule has 122 valence electrons. The van der Waals surface area contributed by atoms with Crippen LogP contribution >= 0.6 is 11.6 Å². The monoisotopic (exact) mass is 336 g/mol. The van der Waals surface area contributed by atoms with Gasteiger partial charge in [0, 0.05) is 5.69 Å². The summed E-state index contributed by atoms with van der Waals surface area (Å²) < 4.78 is 18.3. The second kappa shape index (κ2) is 7.83. The summed E-state index contributed by atoms with van der Waals surface area (Å²) in [6.07, 6.45) is 0. The number of halogens is 2. The molecule has 23 heavy (non-hydrogen) atoms. The van der Waals surface area contributed by atoms with Crippen LogP contribution in [0.25, 0.3) is 0 Å². The third-order valence-electron chi connectivity index (χ3n) is 3.17. The number of nitrogens with one attached hydrogen (secondary N) is 2. The third kappa shape index (κ3) is 5.14. The van der Waals surface area contributed by atoms with E-state index in [2.05, 4.69) is 10.6 Å². The van der Waals surface area contributed by atoms with Gasteiger partial charge in [-0.1, -0.05) is 29.3 Å². The lowest BCUT2D eigenvalue weighted by atomic mass is 10.1. The van der Waals surface area contributed by atoms with Crippen LogP contribution in [-0.2, 0) is 0 Å². The van der Waals surface area contributed by atoms with Gasteiger partial charge in [-0.05, 0) is 43.7 Å². The van der Waals surface area contributed by atoms with E-state index in [1.54, 1.807) is 0 Å². The summed E-state index contributed by atoms with van der Waals surface area (Å²) in [5.41, 5.74) is 2.89. The molecule has 2 N–H and O–H groups in total. The Kier molecular flexibility index (Phi) is 5.82. The van der Waals surface area contributed by atoms with E-state index in [9.17, 15) is 9.18 Å². The molecule has 0 aliphatic heterocycles. The average molecular weight is 337 g/mol. The van der Waals surface area contributed by atoms with Crippen LogP contribution in [0.2, 0.25) is 5.02 Å². The summed E-state index contributed by atoms with van der Waals surface area (Å²) in [4.78, 5) is 11.8. The van der Waals surface area contributed by atoms with Gasteiger partial charge in [-0.3, -0.25) is 0 Å². The molecule has 6 heteroatoms. The van der Waals surface area contributed by atoms with Crippen molar-refractivity contribution in [2.24, 2.45) is 0 Å². The average Bonchev–Trinajstić information content (AvgIpc) is 2.48. The molecule has 0 saturated carbocycles. The number of amides is 2. The Morgan fingerprint density at radius 1 is 1.22 bits per heavy atom. The maximum absolute atomic E-state index is 12.9. The number of rotatable bonds is 5. The molecule has 2 aromatic rings. The predicted octanol–water partition coefficient (Wildman–Crippen LogP) is 4.30. The lowest BCUT2D eigenvalue weighted by molar-refractivity contribution is 0.247. The van der Waals surface area contributed by atoms with E-state index in [1.165, 1.54) is 18.2 Å². The molecule has 0 atom stereocenters. The summed E-state index contributed by atoms with van der Waals surface area (Å²) in [6, 6.07) is 9.37. The second-order valence-corrected chi connectivity index (χ2v) is 5.53. The first-order chi connectivity index (χ1) is 11.0. The van der Waals surface area contributed by atoms with E-state index < -0.39 is 5.82 Å². The van der Waals surface area contributed by atoms with E-state index in [0.717, 1.165) is 16.8 Å². The van der Waals surface area contributed by atoms with Gasteiger partial charge in [0.2, 0.25) is 0 Å². The molecule has 4 nitrogen and oxygen atoms in total. The Bertz CT molecular complexity index is 707. The highest BCUT2D eigenvalue weighted by Crippen LogP contribution is 2.24. The molecule has 0 bridgehead atoms. The van der Waals surface area contributed by atoms with Crippen LogP contribution in [0.4, 0.5) is 14.9 Å². The van der Waals surface area contributed by atoms with E-state index in [-0.39, 0.29) is 17.7 Å². The maximum atomic E-state index is 12.9. The van der Waals surface area contributed by atoms with Gasteiger partial charge in [-0.15, -0.1) is 0 Å². The molecular formula is C17H18ClFN2O2. The Morgan fingerprint density at radius 3 is 2.70 bits per heavy atom. The Labute approximate surface area is 139 Å². The number of anilines is 1. The van der Waals surface area contributed by atoms with Crippen molar-refractivity contribution in [2.45, 2.75) is 13.8 Å². The van der Waals surface area contributed by atoms with Crippen molar-refractivity contribution < 1.29 is 13.9 Å². The largest absolute Gasteiger partial charge is 0.490 e. The van der Waals surface area contributed by atoms with Gasteiger partial charge in [-0.25, -0.2) is 9.18 Å². The lowest BCUT2D eigenvalue weighted by Crippen LogP contribution is -2.32. The standard InChI is InChI=1S/C17H18ClFN2O2/c1-11-3-5-15(12(2)9-11)21-17(22)20-7-8-23-16-6-4-13(19)10-14(16)18/h3-6,9-10H,7-8H2,1-2H3,(H2,20,21,22). The first-order valence-corrected chi connectivity index (χ1v) is 7.53. The Hall–Kier alpha value is -2.27. The summed E-state index contributed by atoms with van der Waals surface area (Å²) in [5.74, 6) is -0.0435. The van der Waals surface area contributed by atoms with E-state index >= 15 is 0 Å². The molecule has 0 saturated heterocycles. The molecule has 2 rings (SSSR count). The minimum Gasteiger partial charge on any atom is -0.490 e. The van der Waals surface area contributed by atoms with E-state index in [1.807, 2.05) is 32.0 Å². The minimum atomic E-state index is -0.423. The van der Waals surface area contributed by atoms with Crippen molar-refractivity contribution in [3.63, 3.8) is 0 Å². The third-order valence-corrected chi connectivity index (χ3v) is 3.46. The molecule has 0 unspecified atom stereocenters. The Balaban J connectivity index is 1.76. The van der Waals surface area contributed by atoms with Gasteiger partial charge in [-0.2, -0.15) is 0 Å². The van der Waals surface area contributed by atoms with Gasteiger partial charge < -0.3 is 15.4 Å². The fourth-order valence-corrected chi connectivity index (χ4v) is 2.26. The molecule has 0 heterocycles. The van der Waals surface area contributed by atoms with Crippen molar-refractivity contribution in [1.82, 2.24) is 5.32 Å². The van der Waals surface area contributed by atoms with Crippen LogP contribution in [0.1, 0.15) is 11.1 Å². The number of hydrogen-bond donors (Lipinski definition) is 2. The molecule has 2 amide bonds. The zero-order valence-corrected chi connectivity index (χ0v) is 13.7. The van der Waals surface area contributed by atoms with Crippen LogP contribution in [0.5, 0.6) is 5.75 Å². The smallest absolute Gasteiger partial charge is 0.319 e. The van der Waals surface area contributed by atoms with Crippen LogP contribution in [0.3, 0.4) is 0 Å². The molecule has 0 aromatic heterocycles. The van der Waals surface area contributed by atoms with Gasteiger partial charge in [0.1, 0.15) is 18.2 Å². The highest BCUT2D eigenvalue weighted by Gasteiger charge is 2.05. The normalized spacial score (nSPS) is 10.3. The molecule has 0 radical (unpaired) electrons. The minimum absolute atomic E-state index is 0.199. The number of ether oxygens (including phenoxy) is 1. The van der Waals surface area contributed by atoms with E-state index in [4.69, 9.17) is 16.3 Å². The van der Waals surface area contributed by atoms with Crippen LogP contribution < -0.4 is 15.4 Å². The molecule has 0 aliphatic rings. The van der Waals surface area contributed by atoms with Crippen molar-refractivity contribution in [3.05, 3.63) is 58.4 Å². The van der Waals surface area contributed by atoms with Crippen LogP contribution in [0.15, 0.2) is 36.4 Å². The van der Waals surface area contributed by atoms with Gasteiger partial charge >= 0.3 is 6.03 Å². The summed E-state index contributed by atoms with van der Waals surface area (Å²) in [5, 5.41) is 5.65. The molecule has 0 aliphatic carbocycles. The molecular weight excluding hydrogens is 319 g/mol. The van der Waals surface area contributed by atoms with Gasteiger partial charge in [0.15, 0.2) is 0 Å². The van der Waals surface area contributed by atoms with Crippen LogP contribution in [0, 0.1) is 19.7 Å². The number of hydrogen-bond acceptors (Lipinski definition) is 2. The first-order valence-electron chi connectivity index (χ1n) is 7.15. The molecule has 0 fully saturated rings. The predicted molar refractivity (Wildman–Crippen MR) is 89.8 cm³/mol. The quantitative estimate of drug-likeness (QED) is 0.800. The number of carbonyl (C=O) groups excluding carboxylic acids is 1. The Morgan fingerprint density at radius 2 is 2.00 bits per heavy atom. The summed E-state index contributed by atoms with van der Waals surface area (Å²) >= 11 is 5.84. The SMILES string of the molecule is Cc1ccc(NC(=O)NCCOc2ccc(F)cc2Cl)c(C)c1. The zero-order chi connectivity index (χ0) is 16.8. The van der Waals surface area contributed by atoms with Gasteiger partial charge in [0.05, 0.1) is 11.6 Å². The summed E-state index contributed by atoms with van der Waals surface area (Å²) in [7, 11) is 0. The highest BCUT2D eigenvalue weighted by molar-refractivity contribution is 6.32. The topological polar surface area (TPSA) is 50.4 Å². The van der Waals surface area contributed by atoms with Crippen molar-refractivity contribution >= 4 is 23.3 Å². The second-order valence-electron chi connectivity index (χ2n) is 5.12. The maximum Gasteiger partial charge on any atom is 0.319 e.